The summed E-state index contributed by atoms with van der Waals surface area (Å²) in [4.78, 5) is 4.30. The lowest BCUT2D eigenvalue weighted by molar-refractivity contribution is 0.415. The molecule has 0 aromatic heterocycles. The molecule has 2 aromatic carbocycles. The first kappa shape index (κ1) is 20.4. The first-order chi connectivity index (χ1) is 10.9. The lowest BCUT2D eigenvalue weighted by Crippen LogP contribution is -2.22. The van der Waals surface area contributed by atoms with Crippen molar-refractivity contribution >= 4 is 47.2 Å². The fourth-order valence-electron chi connectivity index (χ4n) is 2.24. The molecular weight excluding hydrogens is 441 g/mol. The number of benzene rings is 2. The molecule has 7 heteroatoms. The monoisotopic (exact) mass is 461 g/mol. The summed E-state index contributed by atoms with van der Waals surface area (Å²) in [5, 5.41) is 13.3. The number of aromatic hydroxyl groups is 1. The van der Waals surface area contributed by atoms with Gasteiger partial charge in [-0.05, 0) is 48.7 Å². The predicted molar refractivity (Wildman–Crippen MR) is 110 cm³/mol. The summed E-state index contributed by atoms with van der Waals surface area (Å²) in [5.74, 6) is 1.20. The zero-order valence-corrected chi connectivity index (χ0v) is 16.8. The maximum absolute atomic E-state index is 9.78. The summed E-state index contributed by atoms with van der Waals surface area (Å²) >= 11 is 6.07. The molecule has 2 aromatic rings. The van der Waals surface area contributed by atoms with Crippen LogP contribution in [0.4, 0.5) is 5.69 Å². The van der Waals surface area contributed by atoms with Crippen molar-refractivity contribution in [2.24, 2.45) is 10.7 Å². The maximum Gasteiger partial charge on any atom is 0.193 e. The normalized spacial score (nSPS) is 10.9. The molecule has 0 heterocycles. The average molecular weight is 462 g/mol. The number of methoxy groups -OCH3 is 1. The van der Waals surface area contributed by atoms with Gasteiger partial charge in [-0.25, -0.2) is 4.99 Å². The first-order valence-corrected chi connectivity index (χ1v) is 7.48. The Labute approximate surface area is 163 Å². The van der Waals surface area contributed by atoms with E-state index in [1.165, 1.54) is 0 Å². The van der Waals surface area contributed by atoms with Crippen LogP contribution < -0.4 is 15.8 Å². The SMILES string of the molecule is COc1ccc(NC(N)=NCc2cc(C)c(O)c(C)c2)cc1Cl.I. The highest BCUT2D eigenvalue weighted by atomic mass is 127. The molecule has 0 radical (unpaired) electrons. The summed E-state index contributed by atoms with van der Waals surface area (Å²) in [6.45, 7) is 4.14. The molecule has 0 saturated heterocycles. The molecular formula is C17H21ClIN3O2. The quantitative estimate of drug-likeness (QED) is 0.362. The van der Waals surface area contributed by atoms with Crippen LogP contribution in [0.2, 0.25) is 5.02 Å². The Balaban J connectivity index is 0.00000288. The number of phenolic OH excluding ortho intramolecular Hbond substituents is 1. The molecule has 0 aliphatic heterocycles. The fraction of sp³-hybridized carbons (Fsp3) is 0.235. The van der Waals surface area contributed by atoms with Crippen molar-refractivity contribution < 1.29 is 9.84 Å². The number of nitrogens with one attached hydrogen (secondary N) is 1. The van der Waals surface area contributed by atoms with Crippen LogP contribution in [0.1, 0.15) is 16.7 Å². The molecule has 0 bridgehead atoms. The Morgan fingerprint density at radius 1 is 1.25 bits per heavy atom. The second-order valence-corrected chi connectivity index (χ2v) is 5.66. The van der Waals surface area contributed by atoms with E-state index in [9.17, 15) is 5.11 Å². The molecule has 24 heavy (non-hydrogen) atoms. The number of nitrogens with two attached hydrogens (primary N) is 1. The predicted octanol–water partition coefficient (Wildman–Crippen LogP) is 4.22. The number of hydrogen-bond acceptors (Lipinski definition) is 3. The summed E-state index contributed by atoms with van der Waals surface area (Å²) in [6.07, 6.45) is 0. The minimum absolute atomic E-state index is 0. The molecule has 0 atom stereocenters. The van der Waals surface area contributed by atoms with Crippen LogP contribution in [-0.4, -0.2) is 18.2 Å². The van der Waals surface area contributed by atoms with Gasteiger partial charge in [0.05, 0.1) is 18.7 Å². The van der Waals surface area contributed by atoms with Gasteiger partial charge in [-0.2, -0.15) is 0 Å². The van der Waals surface area contributed by atoms with Crippen LogP contribution in [0.5, 0.6) is 11.5 Å². The van der Waals surface area contributed by atoms with Gasteiger partial charge in [0.2, 0.25) is 0 Å². The Hall–Kier alpha value is -1.67. The zero-order valence-electron chi connectivity index (χ0n) is 13.8. The molecule has 0 fully saturated rings. The Morgan fingerprint density at radius 3 is 2.42 bits per heavy atom. The third-order valence-electron chi connectivity index (χ3n) is 3.41. The number of nitrogens with zero attached hydrogens (tertiary/aromatic N) is 1. The van der Waals surface area contributed by atoms with E-state index in [1.807, 2.05) is 32.0 Å². The highest BCUT2D eigenvalue weighted by Gasteiger charge is 2.04. The smallest absolute Gasteiger partial charge is 0.193 e. The minimum Gasteiger partial charge on any atom is -0.507 e. The average Bonchev–Trinajstić information content (AvgIpc) is 2.50. The van der Waals surface area contributed by atoms with E-state index in [2.05, 4.69) is 10.3 Å². The van der Waals surface area contributed by atoms with Crippen LogP contribution >= 0.6 is 35.6 Å². The topological polar surface area (TPSA) is 79.9 Å². The highest BCUT2D eigenvalue weighted by molar-refractivity contribution is 14.0. The van der Waals surface area contributed by atoms with E-state index in [0.29, 0.717) is 23.1 Å². The lowest BCUT2D eigenvalue weighted by atomic mass is 10.1. The molecule has 2 rings (SSSR count). The molecule has 0 saturated carbocycles. The van der Waals surface area contributed by atoms with Crippen LogP contribution in [0.3, 0.4) is 0 Å². The number of guanidine groups is 1. The standard InChI is InChI=1S/C17H20ClN3O2.HI/c1-10-6-12(7-11(2)16(10)22)9-20-17(19)21-13-4-5-15(23-3)14(18)8-13;/h4-8,22H,9H2,1-3H3,(H3,19,20,21);1H. The maximum atomic E-state index is 9.78. The van der Waals surface area contributed by atoms with Crippen molar-refractivity contribution in [2.75, 3.05) is 12.4 Å². The van der Waals surface area contributed by atoms with E-state index >= 15 is 0 Å². The molecule has 0 amide bonds. The molecule has 5 nitrogen and oxygen atoms in total. The largest absolute Gasteiger partial charge is 0.507 e. The third-order valence-corrected chi connectivity index (χ3v) is 3.70. The second-order valence-electron chi connectivity index (χ2n) is 5.25. The van der Waals surface area contributed by atoms with Crippen molar-refractivity contribution in [3.05, 3.63) is 52.0 Å². The number of rotatable bonds is 4. The Kier molecular flexibility index (Phi) is 7.62. The Morgan fingerprint density at radius 2 is 1.88 bits per heavy atom. The lowest BCUT2D eigenvalue weighted by Gasteiger charge is -2.09. The van der Waals surface area contributed by atoms with Crippen molar-refractivity contribution in [1.82, 2.24) is 0 Å². The number of halogens is 2. The summed E-state index contributed by atoms with van der Waals surface area (Å²) < 4.78 is 5.10. The van der Waals surface area contributed by atoms with Gasteiger partial charge in [-0.15, -0.1) is 24.0 Å². The van der Waals surface area contributed by atoms with Gasteiger partial charge in [-0.3, -0.25) is 0 Å². The van der Waals surface area contributed by atoms with Gasteiger partial charge in [0.15, 0.2) is 5.96 Å². The molecule has 0 unspecified atom stereocenters. The van der Waals surface area contributed by atoms with E-state index in [4.69, 9.17) is 22.1 Å². The molecule has 130 valence electrons. The first-order valence-electron chi connectivity index (χ1n) is 7.10. The van der Waals surface area contributed by atoms with Crippen molar-refractivity contribution in [3.8, 4) is 11.5 Å². The minimum atomic E-state index is 0. The number of ether oxygens (including phenoxy) is 1. The van der Waals surface area contributed by atoms with Gasteiger partial charge >= 0.3 is 0 Å². The highest BCUT2D eigenvalue weighted by Crippen LogP contribution is 2.27. The van der Waals surface area contributed by atoms with Gasteiger partial charge in [0, 0.05) is 5.69 Å². The van der Waals surface area contributed by atoms with Crippen LogP contribution in [0.25, 0.3) is 0 Å². The van der Waals surface area contributed by atoms with Crippen molar-refractivity contribution in [1.29, 1.82) is 0 Å². The number of aliphatic imine (C=N–C) groups is 1. The summed E-state index contributed by atoms with van der Waals surface area (Å²) in [7, 11) is 1.56. The zero-order chi connectivity index (χ0) is 17.0. The van der Waals surface area contributed by atoms with E-state index in [1.54, 1.807) is 19.2 Å². The molecule has 0 spiro atoms. The number of aryl methyl sites for hydroxylation is 2. The van der Waals surface area contributed by atoms with E-state index in [-0.39, 0.29) is 29.9 Å². The molecule has 0 aliphatic rings. The van der Waals surface area contributed by atoms with Gasteiger partial charge in [0.25, 0.3) is 0 Å². The van der Waals surface area contributed by atoms with Gasteiger partial charge in [-0.1, -0.05) is 23.7 Å². The van der Waals surface area contributed by atoms with Crippen molar-refractivity contribution in [2.45, 2.75) is 20.4 Å². The van der Waals surface area contributed by atoms with Gasteiger partial charge in [0.1, 0.15) is 11.5 Å². The molecule has 4 N–H and O–H groups in total. The van der Waals surface area contributed by atoms with Crippen LogP contribution in [0, 0.1) is 13.8 Å². The summed E-state index contributed by atoms with van der Waals surface area (Å²) in [5.41, 5.74) is 9.25. The van der Waals surface area contributed by atoms with E-state index < -0.39 is 0 Å². The summed E-state index contributed by atoms with van der Waals surface area (Å²) in [6, 6.07) is 9.07. The van der Waals surface area contributed by atoms with E-state index in [0.717, 1.165) is 22.4 Å². The van der Waals surface area contributed by atoms with Crippen molar-refractivity contribution in [3.63, 3.8) is 0 Å². The van der Waals surface area contributed by atoms with Gasteiger partial charge < -0.3 is 20.9 Å². The van der Waals surface area contributed by atoms with Crippen LogP contribution in [-0.2, 0) is 6.54 Å². The fourth-order valence-corrected chi connectivity index (χ4v) is 2.50. The number of phenols is 1. The third kappa shape index (κ3) is 5.17. The Bertz CT molecular complexity index is 728. The van der Waals surface area contributed by atoms with Crippen LogP contribution in [0.15, 0.2) is 35.3 Å². The second kappa shape index (κ2) is 8.98. The number of hydrogen-bond donors (Lipinski definition) is 3. The number of anilines is 1. The molecule has 0 aliphatic carbocycles.